The zero-order chi connectivity index (χ0) is 21.4. The van der Waals surface area contributed by atoms with Crippen molar-refractivity contribution in [2.45, 2.75) is 24.9 Å². The third-order valence-electron chi connectivity index (χ3n) is 5.90. The molecule has 2 amide bonds. The molecule has 2 aromatic carbocycles. The van der Waals surface area contributed by atoms with Crippen molar-refractivity contribution in [2.24, 2.45) is 0 Å². The Morgan fingerprint density at radius 2 is 1.60 bits per heavy atom. The highest BCUT2D eigenvalue weighted by atomic mass is 16.8. The first kappa shape index (κ1) is 20.1. The molecular formula is C22H24N4O4. The van der Waals surface area contributed by atoms with Crippen LogP contribution >= 0.6 is 0 Å². The molecule has 1 aliphatic heterocycles. The molecule has 1 aliphatic rings. The number of aromatic amines is 1. The predicted octanol–water partition coefficient (Wildman–Crippen LogP) is 1.02. The van der Waals surface area contributed by atoms with Crippen molar-refractivity contribution in [1.29, 1.82) is 0 Å². The van der Waals surface area contributed by atoms with Gasteiger partial charge in [0, 0.05) is 39.2 Å². The monoisotopic (exact) mass is 408 g/mol. The number of nitrogens with one attached hydrogen (secondary N) is 2. The summed E-state index contributed by atoms with van der Waals surface area (Å²) in [5.74, 6) is -0.274. The summed E-state index contributed by atoms with van der Waals surface area (Å²) >= 11 is 0. The molecule has 8 heteroatoms. The van der Waals surface area contributed by atoms with E-state index in [4.69, 9.17) is 0 Å². The van der Waals surface area contributed by atoms with Crippen LogP contribution in [0, 0.1) is 5.21 Å². The number of hydrogen-bond acceptors (Lipinski definition) is 4. The number of nitrogens with zero attached hydrogens (tertiary/aromatic N) is 2. The number of fused-ring (bicyclic) bond motifs is 1. The van der Waals surface area contributed by atoms with Gasteiger partial charge in [-0.2, -0.15) is 5.23 Å². The van der Waals surface area contributed by atoms with Crippen molar-refractivity contribution in [3.05, 3.63) is 71.1 Å². The number of carbonyl (C=O) groups is 2. The molecule has 1 saturated heterocycles. The molecule has 0 radical (unpaired) electrons. The average molecular weight is 408 g/mol. The van der Waals surface area contributed by atoms with Crippen molar-refractivity contribution < 1.29 is 20.0 Å². The first-order valence-electron chi connectivity index (χ1n) is 9.78. The quantitative estimate of drug-likeness (QED) is 0.549. The maximum atomic E-state index is 13.2. The summed E-state index contributed by atoms with van der Waals surface area (Å²) in [5, 5.41) is 20.7. The van der Waals surface area contributed by atoms with Crippen molar-refractivity contribution in [3.8, 4) is 0 Å². The van der Waals surface area contributed by atoms with Crippen LogP contribution in [0.3, 0.4) is 0 Å². The Bertz CT molecular complexity index is 1080. The fraction of sp³-hybridized carbons (Fsp3) is 0.273. The lowest BCUT2D eigenvalue weighted by atomic mass is 9.95. The second kappa shape index (κ2) is 7.91. The highest BCUT2D eigenvalue weighted by Crippen LogP contribution is 2.28. The second-order valence-electron chi connectivity index (χ2n) is 7.67. The Morgan fingerprint density at radius 1 is 0.967 bits per heavy atom. The van der Waals surface area contributed by atoms with Crippen LogP contribution in [0.5, 0.6) is 0 Å². The van der Waals surface area contributed by atoms with E-state index in [1.54, 1.807) is 38.5 Å². The molecule has 1 fully saturated rings. The number of likely N-dealkylation sites (N-methyl/N-ethyl adjacent to an activating group) is 2. The third kappa shape index (κ3) is 3.45. The van der Waals surface area contributed by atoms with Crippen LogP contribution in [0.2, 0.25) is 0 Å². The maximum Gasteiger partial charge on any atom is 0.246 e. The topological polar surface area (TPSA) is 104 Å². The zero-order valence-electron chi connectivity index (χ0n) is 16.8. The minimum atomic E-state index is -1.03. The minimum absolute atomic E-state index is 0.121. The van der Waals surface area contributed by atoms with Gasteiger partial charge in [0.25, 0.3) is 0 Å². The lowest BCUT2D eigenvalue weighted by molar-refractivity contribution is -0.990. The number of benzene rings is 2. The second-order valence-corrected chi connectivity index (χ2v) is 7.67. The number of carbonyl (C=O) groups excluding carboxylic acids is 2. The molecule has 3 atom stereocenters. The Kier molecular flexibility index (Phi) is 5.29. The summed E-state index contributed by atoms with van der Waals surface area (Å²) in [6.45, 7) is 0. The smallest absolute Gasteiger partial charge is 0.246 e. The summed E-state index contributed by atoms with van der Waals surface area (Å²) in [6, 6.07) is 13.4. The molecule has 1 aromatic heterocycles. The summed E-state index contributed by atoms with van der Waals surface area (Å²) in [6.07, 6.45) is 2.42. The van der Waals surface area contributed by atoms with E-state index in [2.05, 4.69) is 4.98 Å². The van der Waals surface area contributed by atoms with Crippen LogP contribution in [0.1, 0.15) is 11.1 Å². The van der Waals surface area contributed by atoms with Crippen LogP contribution in [-0.4, -0.2) is 58.0 Å². The van der Waals surface area contributed by atoms with Crippen LogP contribution in [0.15, 0.2) is 54.7 Å². The molecule has 0 saturated carbocycles. The van der Waals surface area contributed by atoms with E-state index in [0.29, 0.717) is 22.9 Å². The summed E-state index contributed by atoms with van der Waals surface area (Å²) in [4.78, 5) is 32.4. The number of aromatic nitrogens is 1. The molecule has 0 bridgehead atoms. The first-order chi connectivity index (χ1) is 14.4. The molecule has 156 valence electrons. The van der Waals surface area contributed by atoms with Crippen LogP contribution < -0.4 is 5.23 Å². The van der Waals surface area contributed by atoms with Crippen molar-refractivity contribution >= 4 is 28.4 Å². The van der Waals surface area contributed by atoms with Gasteiger partial charge >= 0.3 is 0 Å². The van der Waals surface area contributed by atoms with E-state index in [0.717, 1.165) is 5.56 Å². The van der Waals surface area contributed by atoms with E-state index in [1.807, 2.05) is 30.3 Å². The minimum Gasteiger partial charge on any atom is -0.595 e. The van der Waals surface area contributed by atoms with Gasteiger partial charge in [0.05, 0.1) is 10.9 Å². The van der Waals surface area contributed by atoms with Gasteiger partial charge < -0.3 is 20.0 Å². The van der Waals surface area contributed by atoms with E-state index in [9.17, 15) is 20.0 Å². The molecule has 3 N–H and O–H groups in total. The number of H-pyrrole nitrogens is 1. The van der Waals surface area contributed by atoms with Gasteiger partial charge in [-0.1, -0.05) is 36.4 Å². The molecule has 0 aliphatic carbocycles. The Morgan fingerprint density at radius 3 is 2.23 bits per heavy atom. The Balaban J connectivity index is 1.62. The third-order valence-corrected chi connectivity index (χ3v) is 5.90. The number of hydrogen-bond donors (Lipinski definition) is 3. The van der Waals surface area contributed by atoms with Gasteiger partial charge in [-0.3, -0.25) is 9.59 Å². The van der Waals surface area contributed by atoms with Gasteiger partial charge in [-0.15, -0.1) is 0 Å². The molecule has 2 heterocycles. The van der Waals surface area contributed by atoms with Gasteiger partial charge in [0.2, 0.25) is 11.8 Å². The normalized spacial score (nSPS) is 20.8. The van der Waals surface area contributed by atoms with E-state index < -0.39 is 17.3 Å². The molecule has 4 rings (SSSR count). The van der Waals surface area contributed by atoms with Crippen molar-refractivity contribution in [2.75, 3.05) is 14.1 Å². The molecule has 30 heavy (non-hydrogen) atoms. The van der Waals surface area contributed by atoms with E-state index in [1.165, 1.54) is 9.80 Å². The Labute approximate surface area is 173 Å². The number of rotatable bonds is 5. The Hall–Kier alpha value is -3.20. The van der Waals surface area contributed by atoms with Crippen LogP contribution in [0.25, 0.3) is 10.9 Å². The molecule has 2 unspecified atom stereocenters. The standard InChI is InChI=1S/C22H24N4O4/c1-24-18(11-14-7-4-3-5-8-14)21(27)25(2)19(22(24)28)12-15-13-23-16-9-6-10-17(20(15)16)26(29)30/h3-10,13,18-19,23,26,29H,11-12H2,1-2H3/t18?,19-/m0/s1. The molecular weight excluding hydrogens is 384 g/mol. The summed E-state index contributed by atoms with van der Waals surface area (Å²) in [7, 11) is 3.30. The summed E-state index contributed by atoms with van der Waals surface area (Å²) < 4.78 is 0. The fourth-order valence-electron chi connectivity index (χ4n) is 4.20. The highest BCUT2D eigenvalue weighted by Gasteiger charge is 2.42. The largest absolute Gasteiger partial charge is 0.595 e. The van der Waals surface area contributed by atoms with Gasteiger partial charge in [-0.25, -0.2) is 5.21 Å². The molecule has 3 aromatic rings. The number of amides is 2. The lowest BCUT2D eigenvalue weighted by Crippen LogP contribution is -2.99. The van der Waals surface area contributed by atoms with Crippen molar-refractivity contribution in [3.63, 3.8) is 0 Å². The van der Waals surface area contributed by atoms with Gasteiger partial charge in [0.1, 0.15) is 12.1 Å². The summed E-state index contributed by atoms with van der Waals surface area (Å²) in [5.41, 5.74) is 2.56. The predicted molar refractivity (Wildman–Crippen MR) is 111 cm³/mol. The van der Waals surface area contributed by atoms with E-state index in [-0.39, 0.29) is 23.9 Å². The molecule has 0 spiro atoms. The first-order valence-corrected chi connectivity index (χ1v) is 9.78. The molecule has 8 nitrogen and oxygen atoms in total. The van der Waals surface area contributed by atoms with Gasteiger partial charge in [-0.05, 0) is 17.2 Å². The number of quaternary nitrogens is 1. The average Bonchev–Trinajstić information content (AvgIpc) is 3.16. The number of piperazine rings is 1. The van der Waals surface area contributed by atoms with Crippen LogP contribution in [0.4, 0.5) is 5.69 Å². The zero-order valence-corrected chi connectivity index (χ0v) is 16.8. The van der Waals surface area contributed by atoms with Crippen LogP contribution in [-0.2, 0) is 22.4 Å². The van der Waals surface area contributed by atoms with Crippen molar-refractivity contribution in [1.82, 2.24) is 14.8 Å². The fourth-order valence-corrected chi connectivity index (χ4v) is 4.20. The van der Waals surface area contributed by atoms with Gasteiger partial charge in [0.15, 0.2) is 5.69 Å². The lowest BCUT2D eigenvalue weighted by Gasteiger charge is -2.42. The van der Waals surface area contributed by atoms with E-state index >= 15 is 0 Å². The maximum absolute atomic E-state index is 13.2. The SMILES string of the molecule is CN1C(=O)[C@H](Cc2c[nH]c3cccc([NH+]([O-])O)c23)N(C)C(=O)C1Cc1ccccc1. The highest BCUT2D eigenvalue weighted by molar-refractivity contribution is 5.98.